The van der Waals surface area contributed by atoms with Crippen molar-refractivity contribution in [1.82, 2.24) is 4.98 Å². The summed E-state index contributed by atoms with van der Waals surface area (Å²) in [6.45, 7) is 2.07. The first-order chi connectivity index (χ1) is 7.25. The summed E-state index contributed by atoms with van der Waals surface area (Å²) in [6, 6.07) is 12.0. The first-order valence-corrected chi connectivity index (χ1v) is 5.00. The highest BCUT2D eigenvalue weighted by molar-refractivity contribution is 5.49. The molecule has 15 heavy (non-hydrogen) atoms. The van der Waals surface area contributed by atoms with Gasteiger partial charge in [-0.15, -0.1) is 0 Å². The van der Waals surface area contributed by atoms with Crippen LogP contribution in [0.1, 0.15) is 16.8 Å². The third-order valence-electron chi connectivity index (χ3n) is 2.40. The molecular weight excluding hydrogens is 184 g/mol. The molecule has 0 fully saturated rings. The highest BCUT2D eigenvalue weighted by atomic mass is 14.7. The molecule has 0 saturated heterocycles. The quantitative estimate of drug-likeness (QED) is 0.753. The molecule has 2 N–H and O–H groups in total. The van der Waals surface area contributed by atoms with E-state index in [0.29, 0.717) is 0 Å². The number of aromatic nitrogens is 1. The highest BCUT2D eigenvalue weighted by Gasteiger charge is 2.01. The van der Waals surface area contributed by atoms with Crippen LogP contribution < -0.4 is 5.73 Å². The van der Waals surface area contributed by atoms with Crippen molar-refractivity contribution in [2.45, 2.75) is 13.3 Å². The van der Waals surface area contributed by atoms with Crippen LogP contribution in [0.2, 0.25) is 0 Å². The van der Waals surface area contributed by atoms with Gasteiger partial charge >= 0.3 is 0 Å². The Morgan fingerprint density at radius 1 is 1.20 bits per heavy atom. The number of pyridine rings is 1. The van der Waals surface area contributed by atoms with Crippen LogP contribution in [0, 0.1) is 6.92 Å². The molecule has 0 atom stereocenters. The van der Waals surface area contributed by atoms with E-state index in [1.54, 1.807) is 6.20 Å². The Bertz CT molecular complexity index is 449. The van der Waals surface area contributed by atoms with Crippen molar-refractivity contribution in [1.29, 1.82) is 0 Å². The lowest BCUT2D eigenvalue weighted by molar-refractivity contribution is 1.07. The molecule has 0 aliphatic heterocycles. The lowest BCUT2D eigenvalue weighted by Crippen LogP contribution is -1.97. The Labute approximate surface area is 89.8 Å². The van der Waals surface area contributed by atoms with Gasteiger partial charge in [-0.2, -0.15) is 0 Å². The summed E-state index contributed by atoms with van der Waals surface area (Å²) in [5.74, 6) is 0. The first-order valence-electron chi connectivity index (χ1n) is 5.00. The van der Waals surface area contributed by atoms with Crippen LogP contribution in [0.25, 0.3) is 0 Å². The van der Waals surface area contributed by atoms with Crippen molar-refractivity contribution >= 4 is 5.69 Å². The van der Waals surface area contributed by atoms with Crippen LogP contribution in [-0.2, 0) is 6.42 Å². The van der Waals surface area contributed by atoms with Crippen molar-refractivity contribution < 1.29 is 0 Å². The van der Waals surface area contributed by atoms with Gasteiger partial charge in [0.05, 0.1) is 0 Å². The minimum absolute atomic E-state index is 0.800. The van der Waals surface area contributed by atoms with Gasteiger partial charge < -0.3 is 5.73 Å². The molecule has 2 rings (SSSR count). The maximum absolute atomic E-state index is 5.91. The van der Waals surface area contributed by atoms with Gasteiger partial charge in [0, 0.05) is 24.0 Å². The molecule has 0 spiro atoms. The molecule has 1 aromatic carbocycles. The molecule has 2 heteroatoms. The minimum atomic E-state index is 0.800. The predicted molar refractivity (Wildman–Crippen MR) is 62.6 cm³/mol. The Kier molecular flexibility index (Phi) is 2.68. The van der Waals surface area contributed by atoms with E-state index < -0.39 is 0 Å². The molecule has 0 aliphatic carbocycles. The Morgan fingerprint density at radius 3 is 2.80 bits per heavy atom. The van der Waals surface area contributed by atoms with Crippen LogP contribution in [0.5, 0.6) is 0 Å². The van der Waals surface area contributed by atoms with Crippen molar-refractivity contribution in [2.24, 2.45) is 0 Å². The summed E-state index contributed by atoms with van der Waals surface area (Å²) in [5.41, 5.74) is 10.2. The van der Waals surface area contributed by atoms with E-state index in [4.69, 9.17) is 5.73 Å². The van der Waals surface area contributed by atoms with Gasteiger partial charge in [0.25, 0.3) is 0 Å². The zero-order chi connectivity index (χ0) is 10.7. The number of hydrogen-bond donors (Lipinski definition) is 1. The second-order valence-corrected chi connectivity index (χ2v) is 3.70. The summed E-state index contributed by atoms with van der Waals surface area (Å²) < 4.78 is 0. The van der Waals surface area contributed by atoms with Crippen molar-refractivity contribution in [3.63, 3.8) is 0 Å². The predicted octanol–water partition coefficient (Wildman–Crippen LogP) is 2.56. The van der Waals surface area contributed by atoms with E-state index in [2.05, 4.69) is 18.0 Å². The molecule has 0 saturated carbocycles. The summed E-state index contributed by atoms with van der Waals surface area (Å²) in [7, 11) is 0. The largest absolute Gasteiger partial charge is 0.398 e. The number of nitrogens with two attached hydrogens (primary N) is 1. The summed E-state index contributed by atoms with van der Waals surface area (Å²) in [4.78, 5) is 4.29. The second kappa shape index (κ2) is 4.13. The second-order valence-electron chi connectivity index (χ2n) is 3.70. The molecule has 0 aliphatic rings. The van der Waals surface area contributed by atoms with Crippen LogP contribution in [-0.4, -0.2) is 4.98 Å². The fraction of sp³-hybridized carbons (Fsp3) is 0.154. The molecule has 0 unspecified atom stereocenters. The van der Waals surface area contributed by atoms with E-state index >= 15 is 0 Å². The molecule has 0 radical (unpaired) electrons. The van der Waals surface area contributed by atoms with E-state index in [1.807, 2.05) is 30.3 Å². The third kappa shape index (κ3) is 2.34. The highest BCUT2D eigenvalue weighted by Crippen LogP contribution is 2.16. The number of benzene rings is 1. The molecule has 0 bridgehead atoms. The molecule has 1 aromatic heterocycles. The smallest absolute Gasteiger partial charge is 0.0448 e. The Morgan fingerprint density at radius 2 is 2.07 bits per heavy atom. The van der Waals surface area contributed by atoms with Gasteiger partial charge in [0.15, 0.2) is 0 Å². The van der Waals surface area contributed by atoms with Crippen LogP contribution in [0.4, 0.5) is 5.69 Å². The Hall–Kier alpha value is -1.83. The van der Waals surface area contributed by atoms with Crippen LogP contribution in [0.3, 0.4) is 0 Å². The SMILES string of the molecule is Cc1ccc(N)c(Cc2ccccn2)c1. The normalized spacial score (nSPS) is 10.2. The lowest BCUT2D eigenvalue weighted by atomic mass is 10.0. The van der Waals surface area contributed by atoms with E-state index in [1.165, 1.54) is 5.56 Å². The van der Waals surface area contributed by atoms with E-state index in [-0.39, 0.29) is 0 Å². The minimum Gasteiger partial charge on any atom is -0.398 e. The average molecular weight is 198 g/mol. The molecular formula is C13H14N2. The molecule has 2 aromatic rings. The molecule has 0 amide bonds. The van der Waals surface area contributed by atoms with Gasteiger partial charge in [-0.3, -0.25) is 4.98 Å². The van der Waals surface area contributed by atoms with Gasteiger partial charge in [-0.25, -0.2) is 0 Å². The van der Waals surface area contributed by atoms with Crippen LogP contribution >= 0.6 is 0 Å². The average Bonchev–Trinajstić information content (AvgIpc) is 2.25. The monoisotopic (exact) mass is 198 g/mol. The van der Waals surface area contributed by atoms with Gasteiger partial charge in [-0.05, 0) is 30.7 Å². The number of nitrogen functional groups attached to an aromatic ring is 1. The fourth-order valence-electron chi connectivity index (χ4n) is 1.59. The summed E-state index contributed by atoms with van der Waals surface area (Å²) >= 11 is 0. The number of hydrogen-bond acceptors (Lipinski definition) is 2. The summed E-state index contributed by atoms with van der Waals surface area (Å²) in [6.07, 6.45) is 2.61. The van der Waals surface area contributed by atoms with Gasteiger partial charge in [0.2, 0.25) is 0 Å². The van der Waals surface area contributed by atoms with E-state index in [9.17, 15) is 0 Å². The maximum Gasteiger partial charge on any atom is 0.0448 e. The number of nitrogens with zero attached hydrogens (tertiary/aromatic N) is 1. The Balaban J connectivity index is 2.28. The fourth-order valence-corrected chi connectivity index (χ4v) is 1.59. The molecule has 76 valence electrons. The lowest BCUT2D eigenvalue weighted by Gasteiger charge is -2.06. The number of anilines is 1. The van der Waals surface area contributed by atoms with E-state index in [0.717, 1.165) is 23.4 Å². The number of rotatable bonds is 2. The standard InChI is InChI=1S/C13H14N2/c1-10-5-6-13(14)11(8-10)9-12-4-2-3-7-15-12/h2-8H,9,14H2,1H3. The van der Waals surface area contributed by atoms with Crippen LogP contribution in [0.15, 0.2) is 42.6 Å². The molecule has 1 heterocycles. The summed E-state index contributed by atoms with van der Waals surface area (Å²) in [5, 5.41) is 0. The van der Waals surface area contributed by atoms with Crippen molar-refractivity contribution in [3.05, 3.63) is 59.4 Å². The first kappa shape index (κ1) is 9.71. The van der Waals surface area contributed by atoms with Gasteiger partial charge in [0.1, 0.15) is 0 Å². The zero-order valence-corrected chi connectivity index (χ0v) is 8.77. The number of aryl methyl sites for hydroxylation is 1. The van der Waals surface area contributed by atoms with Crippen molar-refractivity contribution in [3.8, 4) is 0 Å². The van der Waals surface area contributed by atoms with Crippen molar-refractivity contribution in [2.75, 3.05) is 5.73 Å². The van der Waals surface area contributed by atoms with Gasteiger partial charge in [-0.1, -0.05) is 23.8 Å². The molecule has 2 nitrogen and oxygen atoms in total. The zero-order valence-electron chi connectivity index (χ0n) is 8.77. The third-order valence-corrected chi connectivity index (χ3v) is 2.40. The topological polar surface area (TPSA) is 38.9 Å². The maximum atomic E-state index is 5.91.